The summed E-state index contributed by atoms with van der Waals surface area (Å²) in [5.41, 5.74) is 6.98. The van der Waals surface area contributed by atoms with Crippen molar-refractivity contribution in [2.45, 2.75) is 25.5 Å². The highest BCUT2D eigenvalue weighted by atomic mass is 35.5. The molecule has 0 aliphatic carbocycles. The zero-order valence-corrected chi connectivity index (χ0v) is 13.8. The lowest BCUT2D eigenvalue weighted by Crippen LogP contribution is -2.45. The van der Waals surface area contributed by atoms with Crippen molar-refractivity contribution in [2.75, 3.05) is 6.54 Å². The highest BCUT2D eigenvalue weighted by Crippen LogP contribution is 2.23. The Balaban J connectivity index is 1.78. The van der Waals surface area contributed by atoms with E-state index in [-0.39, 0.29) is 12.0 Å². The number of carbonyl (C=O) groups is 1. The summed E-state index contributed by atoms with van der Waals surface area (Å²) in [7, 11) is 0. The fraction of sp³-hybridized carbons (Fsp3) is 0.278. The van der Waals surface area contributed by atoms with E-state index in [0.717, 1.165) is 5.56 Å². The van der Waals surface area contributed by atoms with Crippen LogP contribution >= 0.6 is 11.6 Å². The third kappa shape index (κ3) is 5.58. The number of benzene rings is 2. The van der Waals surface area contributed by atoms with Gasteiger partial charge in [-0.2, -0.15) is 0 Å². The summed E-state index contributed by atoms with van der Waals surface area (Å²) < 4.78 is 5.71. The van der Waals surface area contributed by atoms with Crippen LogP contribution in [-0.4, -0.2) is 24.6 Å². The first-order chi connectivity index (χ1) is 11.1. The van der Waals surface area contributed by atoms with Crippen LogP contribution in [0.3, 0.4) is 0 Å². The average molecular weight is 333 g/mol. The van der Waals surface area contributed by atoms with Gasteiger partial charge >= 0.3 is 0 Å². The van der Waals surface area contributed by atoms with E-state index in [1.165, 1.54) is 0 Å². The van der Waals surface area contributed by atoms with Gasteiger partial charge < -0.3 is 15.8 Å². The molecule has 0 heterocycles. The summed E-state index contributed by atoms with van der Waals surface area (Å²) in [6.45, 7) is 2.23. The topological polar surface area (TPSA) is 64.4 Å². The maximum absolute atomic E-state index is 12.1. The summed E-state index contributed by atoms with van der Waals surface area (Å²) in [4.78, 5) is 12.1. The lowest BCUT2D eigenvalue weighted by atomic mass is 10.1. The summed E-state index contributed by atoms with van der Waals surface area (Å²) in [6, 6.07) is 16.4. The molecule has 3 N–H and O–H groups in total. The molecule has 2 aromatic carbocycles. The molecule has 0 aliphatic rings. The molecule has 1 amide bonds. The Bertz CT molecular complexity index is 634. The van der Waals surface area contributed by atoms with Crippen LogP contribution in [0.2, 0.25) is 5.02 Å². The molecule has 0 aliphatic heterocycles. The van der Waals surface area contributed by atoms with Gasteiger partial charge in [0.15, 0.2) is 0 Å². The molecule has 23 heavy (non-hydrogen) atoms. The first-order valence-corrected chi connectivity index (χ1v) is 7.92. The SMILES string of the molecule is CC(CNC(=O)[C@@H](N)Cc1ccccc1)Oc1ccccc1Cl. The van der Waals surface area contributed by atoms with E-state index in [1.807, 2.05) is 49.4 Å². The number of hydrogen-bond acceptors (Lipinski definition) is 3. The Morgan fingerprint density at radius 1 is 1.17 bits per heavy atom. The minimum absolute atomic E-state index is 0.191. The zero-order valence-electron chi connectivity index (χ0n) is 13.0. The minimum Gasteiger partial charge on any atom is -0.487 e. The maximum atomic E-state index is 12.1. The van der Waals surface area contributed by atoms with Crippen LogP contribution in [0.25, 0.3) is 0 Å². The standard InChI is InChI=1S/C18H21ClN2O2/c1-13(23-17-10-6-5-9-15(17)19)12-21-18(22)16(20)11-14-7-3-2-4-8-14/h2-10,13,16H,11-12,20H2,1H3,(H,21,22)/t13?,16-/m0/s1. The summed E-state index contributed by atoms with van der Waals surface area (Å²) in [6.07, 6.45) is 0.301. The molecular formula is C18H21ClN2O2. The molecule has 1 unspecified atom stereocenters. The molecule has 0 fully saturated rings. The Kier molecular flexibility index (Phi) is 6.44. The first kappa shape index (κ1) is 17.3. The molecular weight excluding hydrogens is 312 g/mol. The van der Waals surface area contributed by atoms with Crippen molar-refractivity contribution >= 4 is 17.5 Å². The normalized spacial score (nSPS) is 13.2. The van der Waals surface area contributed by atoms with Crippen molar-refractivity contribution in [3.8, 4) is 5.75 Å². The average Bonchev–Trinajstić information content (AvgIpc) is 2.55. The van der Waals surface area contributed by atoms with E-state index < -0.39 is 6.04 Å². The number of ether oxygens (including phenoxy) is 1. The largest absolute Gasteiger partial charge is 0.487 e. The third-order valence-corrected chi connectivity index (χ3v) is 3.68. The van der Waals surface area contributed by atoms with Crippen LogP contribution in [0.4, 0.5) is 0 Å². The lowest BCUT2D eigenvalue weighted by molar-refractivity contribution is -0.122. The van der Waals surface area contributed by atoms with Gasteiger partial charge in [-0.15, -0.1) is 0 Å². The van der Waals surface area contributed by atoms with Gasteiger partial charge in [-0.05, 0) is 31.0 Å². The van der Waals surface area contributed by atoms with Gasteiger partial charge in [0.25, 0.3) is 0 Å². The number of hydrogen-bond donors (Lipinski definition) is 2. The van der Waals surface area contributed by atoms with Crippen LogP contribution in [0.1, 0.15) is 12.5 Å². The van der Waals surface area contributed by atoms with Gasteiger partial charge in [-0.1, -0.05) is 54.1 Å². The van der Waals surface area contributed by atoms with Gasteiger partial charge in [-0.25, -0.2) is 0 Å². The van der Waals surface area contributed by atoms with Crippen molar-refractivity contribution in [2.24, 2.45) is 5.73 Å². The number of carbonyl (C=O) groups excluding carboxylic acids is 1. The number of para-hydroxylation sites is 1. The Hall–Kier alpha value is -2.04. The van der Waals surface area contributed by atoms with Crippen molar-refractivity contribution in [3.05, 3.63) is 65.2 Å². The monoisotopic (exact) mass is 332 g/mol. The molecule has 2 rings (SSSR count). The van der Waals surface area contributed by atoms with Crippen molar-refractivity contribution in [3.63, 3.8) is 0 Å². The zero-order chi connectivity index (χ0) is 16.7. The van der Waals surface area contributed by atoms with Crippen molar-refractivity contribution < 1.29 is 9.53 Å². The van der Waals surface area contributed by atoms with Gasteiger partial charge in [-0.3, -0.25) is 4.79 Å². The van der Waals surface area contributed by atoms with Crippen LogP contribution in [0.5, 0.6) is 5.75 Å². The summed E-state index contributed by atoms with van der Waals surface area (Å²) in [5, 5.41) is 3.36. The number of amides is 1. The van der Waals surface area contributed by atoms with Crippen LogP contribution < -0.4 is 15.8 Å². The highest BCUT2D eigenvalue weighted by molar-refractivity contribution is 6.32. The molecule has 0 aromatic heterocycles. The van der Waals surface area contributed by atoms with Crippen molar-refractivity contribution in [1.82, 2.24) is 5.32 Å². The molecule has 4 nitrogen and oxygen atoms in total. The predicted octanol–water partition coefficient (Wildman–Crippen LogP) is 2.79. The summed E-state index contributed by atoms with van der Waals surface area (Å²) >= 11 is 6.04. The van der Waals surface area contributed by atoms with Gasteiger partial charge in [0.1, 0.15) is 11.9 Å². The minimum atomic E-state index is -0.579. The van der Waals surface area contributed by atoms with E-state index in [9.17, 15) is 4.79 Å². The second kappa shape index (κ2) is 8.56. The Morgan fingerprint density at radius 3 is 2.52 bits per heavy atom. The van der Waals surface area contributed by atoms with Gasteiger partial charge in [0.05, 0.1) is 17.6 Å². The quantitative estimate of drug-likeness (QED) is 0.819. The molecule has 0 saturated carbocycles. The number of rotatable bonds is 7. The van der Waals surface area contributed by atoms with E-state index in [2.05, 4.69) is 5.32 Å². The molecule has 0 bridgehead atoms. The lowest BCUT2D eigenvalue weighted by Gasteiger charge is -2.18. The fourth-order valence-corrected chi connectivity index (χ4v) is 2.32. The Morgan fingerprint density at radius 2 is 1.83 bits per heavy atom. The molecule has 0 spiro atoms. The van der Waals surface area contributed by atoms with Crippen molar-refractivity contribution in [1.29, 1.82) is 0 Å². The fourth-order valence-electron chi connectivity index (χ4n) is 2.13. The van der Waals surface area contributed by atoms with Crippen LogP contribution in [0.15, 0.2) is 54.6 Å². The van der Waals surface area contributed by atoms with Gasteiger partial charge in [0, 0.05) is 0 Å². The Labute approximate surface area is 141 Å². The maximum Gasteiger partial charge on any atom is 0.237 e. The highest BCUT2D eigenvalue weighted by Gasteiger charge is 2.15. The molecule has 2 atom stereocenters. The van der Waals surface area contributed by atoms with E-state index in [4.69, 9.17) is 22.1 Å². The smallest absolute Gasteiger partial charge is 0.237 e. The summed E-state index contributed by atoms with van der Waals surface area (Å²) in [5.74, 6) is 0.410. The second-order valence-electron chi connectivity index (χ2n) is 5.40. The molecule has 0 radical (unpaired) electrons. The number of nitrogens with two attached hydrogens (primary N) is 1. The molecule has 0 saturated heterocycles. The van der Waals surface area contributed by atoms with E-state index >= 15 is 0 Å². The molecule has 5 heteroatoms. The molecule has 122 valence electrons. The number of halogens is 1. The molecule has 2 aromatic rings. The van der Waals surface area contributed by atoms with Crippen LogP contribution in [0, 0.1) is 0 Å². The van der Waals surface area contributed by atoms with Crippen LogP contribution in [-0.2, 0) is 11.2 Å². The second-order valence-corrected chi connectivity index (χ2v) is 5.81. The predicted molar refractivity (Wildman–Crippen MR) is 92.7 cm³/mol. The van der Waals surface area contributed by atoms with Gasteiger partial charge in [0.2, 0.25) is 5.91 Å². The van der Waals surface area contributed by atoms with E-state index in [1.54, 1.807) is 12.1 Å². The number of nitrogens with one attached hydrogen (secondary N) is 1. The first-order valence-electron chi connectivity index (χ1n) is 7.54. The third-order valence-electron chi connectivity index (χ3n) is 3.36. The van der Waals surface area contributed by atoms with E-state index in [0.29, 0.717) is 23.7 Å².